The minimum absolute atomic E-state index is 0.122. The Kier molecular flexibility index (Phi) is 6.44. The number of halogens is 1. The molecule has 0 bridgehead atoms. The Hall–Kier alpha value is -1.81. The molecule has 0 aliphatic rings. The molecule has 0 amide bonds. The van der Waals surface area contributed by atoms with E-state index in [1.54, 1.807) is 0 Å². The van der Waals surface area contributed by atoms with Crippen LogP contribution in [0.25, 0.3) is 0 Å². The molecular formula is C20H23BrO3. The Balaban J connectivity index is 1.97. The summed E-state index contributed by atoms with van der Waals surface area (Å²) in [6, 6.07) is 11.7. The number of hydrogen-bond donors (Lipinski definition) is 0. The predicted octanol–water partition coefficient (Wildman–Crippen LogP) is 5.56. The van der Waals surface area contributed by atoms with Gasteiger partial charge >= 0.3 is 5.97 Å². The third-order valence-electron chi connectivity index (χ3n) is 4.04. The SMILES string of the molecule is CCC(C)c1ccc(OC(=O)COc2ccc(C)cc2C)c(Br)c1. The molecule has 2 aromatic carbocycles. The molecule has 0 aliphatic heterocycles. The zero-order chi connectivity index (χ0) is 17.7. The number of hydrogen-bond acceptors (Lipinski definition) is 3. The van der Waals surface area contributed by atoms with Crippen molar-refractivity contribution in [2.24, 2.45) is 0 Å². The van der Waals surface area contributed by atoms with Gasteiger partial charge in [0.15, 0.2) is 6.61 Å². The first-order chi connectivity index (χ1) is 11.4. The molecule has 3 nitrogen and oxygen atoms in total. The van der Waals surface area contributed by atoms with Gasteiger partial charge in [-0.3, -0.25) is 0 Å². The van der Waals surface area contributed by atoms with E-state index in [4.69, 9.17) is 9.47 Å². The van der Waals surface area contributed by atoms with Crippen molar-refractivity contribution in [3.05, 3.63) is 57.6 Å². The lowest BCUT2D eigenvalue weighted by Gasteiger charge is -2.13. The highest BCUT2D eigenvalue weighted by Gasteiger charge is 2.12. The van der Waals surface area contributed by atoms with Gasteiger partial charge in [-0.1, -0.05) is 37.6 Å². The molecule has 4 heteroatoms. The van der Waals surface area contributed by atoms with E-state index in [2.05, 4.69) is 29.8 Å². The molecule has 24 heavy (non-hydrogen) atoms. The quantitative estimate of drug-likeness (QED) is 0.478. The number of aryl methyl sites for hydroxylation is 2. The maximum absolute atomic E-state index is 12.0. The van der Waals surface area contributed by atoms with Crippen LogP contribution in [0, 0.1) is 13.8 Å². The number of ether oxygens (including phenoxy) is 2. The van der Waals surface area contributed by atoms with Crippen molar-refractivity contribution in [2.45, 2.75) is 40.0 Å². The van der Waals surface area contributed by atoms with Gasteiger partial charge in [-0.2, -0.15) is 0 Å². The minimum atomic E-state index is -0.424. The van der Waals surface area contributed by atoms with E-state index >= 15 is 0 Å². The highest BCUT2D eigenvalue weighted by atomic mass is 79.9. The van der Waals surface area contributed by atoms with Crippen LogP contribution >= 0.6 is 15.9 Å². The lowest BCUT2D eigenvalue weighted by atomic mass is 9.99. The fourth-order valence-electron chi connectivity index (χ4n) is 2.39. The predicted molar refractivity (Wildman–Crippen MR) is 99.9 cm³/mol. The zero-order valence-electron chi connectivity index (χ0n) is 14.6. The lowest BCUT2D eigenvalue weighted by molar-refractivity contribution is -0.136. The fourth-order valence-corrected chi connectivity index (χ4v) is 2.87. The fraction of sp³-hybridized carbons (Fsp3) is 0.350. The number of esters is 1. The first-order valence-electron chi connectivity index (χ1n) is 8.11. The van der Waals surface area contributed by atoms with E-state index in [1.165, 1.54) is 5.56 Å². The molecule has 0 spiro atoms. The molecule has 128 valence electrons. The highest BCUT2D eigenvalue weighted by molar-refractivity contribution is 9.10. The summed E-state index contributed by atoms with van der Waals surface area (Å²) in [7, 11) is 0. The number of carbonyl (C=O) groups is 1. The minimum Gasteiger partial charge on any atom is -0.482 e. The van der Waals surface area contributed by atoms with Gasteiger partial charge in [0, 0.05) is 0 Å². The third-order valence-corrected chi connectivity index (χ3v) is 4.66. The normalized spacial score (nSPS) is 11.9. The molecular weight excluding hydrogens is 368 g/mol. The summed E-state index contributed by atoms with van der Waals surface area (Å²) >= 11 is 3.47. The summed E-state index contributed by atoms with van der Waals surface area (Å²) < 4.78 is 11.7. The number of benzene rings is 2. The van der Waals surface area contributed by atoms with Crippen LogP contribution in [0.1, 0.15) is 42.9 Å². The van der Waals surface area contributed by atoms with Gasteiger partial charge in [-0.25, -0.2) is 4.79 Å². The van der Waals surface area contributed by atoms with Gasteiger partial charge in [-0.05, 0) is 71.4 Å². The van der Waals surface area contributed by atoms with Gasteiger partial charge in [-0.15, -0.1) is 0 Å². The Labute approximate surface area is 152 Å². The molecule has 0 saturated carbocycles. The molecule has 1 unspecified atom stereocenters. The summed E-state index contributed by atoms with van der Waals surface area (Å²) in [5, 5.41) is 0. The van der Waals surface area contributed by atoms with Gasteiger partial charge in [0.05, 0.1) is 4.47 Å². The highest BCUT2D eigenvalue weighted by Crippen LogP contribution is 2.30. The maximum Gasteiger partial charge on any atom is 0.349 e. The molecule has 1 atom stereocenters. The lowest BCUT2D eigenvalue weighted by Crippen LogP contribution is -2.18. The van der Waals surface area contributed by atoms with E-state index < -0.39 is 5.97 Å². The second-order valence-corrected chi connectivity index (χ2v) is 6.89. The van der Waals surface area contributed by atoms with Crippen molar-refractivity contribution in [3.63, 3.8) is 0 Å². The summed E-state index contributed by atoms with van der Waals surface area (Å²) in [5.74, 6) is 1.26. The van der Waals surface area contributed by atoms with Crippen LogP contribution in [-0.2, 0) is 4.79 Å². The molecule has 0 heterocycles. The molecule has 2 rings (SSSR count). The van der Waals surface area contributed by atoms with Crippen molar-refractivity contribution in [1.29, 1.82) is 0 Å². The standard InChI is InChI=1S/C20H23BrO3/c1-5-14(3)16-7-9-19(17(21)11-16)24-20(22)12-23-18-8-6-13(2)10-15(18)4/h6-11,14H,5,12H2,1-4H3. The van der Waals surface area contributed by atoms with Crippen molar-refractivity contribution >= 4 is 21.9 Å². The van der Waals surface area contributed by atoms with Gasteiger partial charge in [0.2, 0.25) is 0 Å². The molecule has 0 N–H and O–H groups in total. The van der Waals surface area contributed by atoms with Crippen LogP contribution in [-0.4, -0.2) is 12.6 Å². The Morgan fingerprint density at radius 3 is 2.46 bits per heavy atom. The topological polar surface area (TPSA) is 35.5 Å². The van der Waals surface area contributed by atoms with E-state index in [9.17, 15) is 4.79 Å². The smallest absolute Gasteiger partial charge is 0.349 e. The molecule has 0 aliphatic carbocycles. The van der Waals surface area contributed by atoms with Gasteiger partial charge in [0.1, 0.15) is 11.5 Å². The number of rotatable bonds is 6. The summed E-state index contributed by atoms with van der Waals surface area (Å²) in [6.07, 6.45) is 1.06. The molecule has 0 saturated heterocycles. The van der Waals surface area contributed by atoms with Crippen LogP contribution in [0.15, 0.2) is 40.9 Å². The van der Waals surface area contributed by atoms with Crippen LogP contribution < -0.4 is 9.47 Å². The van der Waals surface area contributed by atoms with Crippen LogP contribution in [0.2, 0.25) is 0 Å². The second kappa shape index (κ2) is 8.34. The largest absolute Gasteiger partial charge is 0.482 e. The molecule has 0 aromatic heterocycles. The monoisotopic (exact) mass is 390 g/mol. The van der Waals surface area contributed by atoms with E-state index in [0.717, 1.165) is 22.0 Å². The Bertz CT molecular complexity index is 725. The number of carbonyl (C=O) groups excluding carboxylic acids is 1. The second-order valence-electron chi connectivity index (χ2n) is 6.03. The van der Waals surface area contributed by atoms with Gasteiger partial charge in [0.25, 0.3) is 0 Å². The first kappa shape index (κ1) is 18.5. The van der Waals surface area contributed by atoms with Crippen molar-refractivity contribution in [2.75, 3.05) is 6.61 Å². The average Bonchev–Trinajstić information content (AvgIpc) is 2.55. The maximum atomic E-state index is 12.0. The van der Waals surface area contributed by atoms with Crippen LogP contribution in [0.3, 0.4) is 0 Å². The van der Waals surface area contributed by atoms with E-state index in [1.807, 2.05) is 50.2 Å². The molecule has 2 aromatic rings. The summed E-state index contributed by atoms with van der Waals surface area (Å²) in [4.78, 5) is 12.0. The van der Waals surface area contributed by atoms with Crippen molar-refractivity contribution < 1.29 is 14.3 Å². The van der Waals surface area contributed by atoms with Crippen LogP contribution in [0.5, 0.6) is 11.5 Å². The zero-order valence-corrected chi connectivity index (χ0v) is 16.1. The Morgan fingerprint density at radius 1 is 1.12 bits per heavy atom. The van der Waals surface area contributed by atoms with Crippen molar-refractivity contribution in [1.82, 2.24) is 0 Å². The first-order valence-corrected chi connectivity index (χ1v) is 8.90. The molecule has 0 radical (unpaired) electrons. The summed E-state index contributed by atoms with van der Waals surface area (Å²) in [5.41, 5.74) is 3.38. The summed E-state index contributed by atoms with van der Waals surface area (Å²) in [6.45, 7) is 8.18. The average molecular weight is 391 g/mol. The third kappa shape index (κ3) is 4.84. The van der Waals surface area contributed by atoms with Crippen LogP contribution in [0.4, 0.5) is 0 Å². The molecule has 0 fully saturated rings. The van der Waals surface area contributed by atoms with Gasteiger partial charge < -0.3 is 9.47 Å². The van der Waals surface area contributed by atoms with Crippen molar-refractivity contribution in [3.8, 4) is 11.5 Å². The Morgan fingerprint density at radius 2 is 1.83 bits per heavy atom. The van der Waals surface area contributed by atoms with E-state index in [-0.39, 0.29) is 6.61 Å². The van der Waals surface area contributed by atoms with E-state index in [0.29, 0.717) is 17.4 Å².